The molecule has 2 amide bonds. The molecule has 1 aliphatic heterocycles. The molecule has 1 aliphatic rings. The molecule has 0 bridgehead atoms. The molecule has 6 aromatic carbocycles. The Bertz CT molecular complexity index is 2500. The van der Waals surface area contributed by atoms with Gasteiger partial charge in [-0.2, -0.15) is 0 Å². The molecule has 8 atom stereocenters. The van der Waals surface area contributed by atoms with Crippen molar-refractivity contribution in [2.45, 2.75) is 147 Å². The predicted octanol–water partition coefficient (Wildman–Crippen LogP) is 11.2. The van der Waals surface area contributed by atoms with E-state index in [1.54, 1.807) is 0 Å². The van der Waals surface area contributed by atoms with Crippen LogP contribution in [-0.2, 0) is 82.3 Å². The van der Waals surface area contributed by atoms with Gasteiger partial charge >= 0.3 is 6.09 Å². The number of nitrogens with one attached hydrogen (secondary N) is 2. The second-order valence-electron chi connectivity index (χ2n) is 19.4. The number of hydrogen-bond acceptors (Lipinski definition) is 11. The average Bonchev–Trinajstić information content (AvgIpc) is 3.48. The summed E-state index contributed by atoms with van der Waals surface area (Å²) in [4.78, 5) is 26.2. The van der Waals surface area contributed by atoms with E-state index in [1.165, 1.54) is 0 Å². The molecule has 0 aromatic heterocycles. The maximum atomic E-state index is 14.0. The topological polar surface area (TPSA) is 152 Å². The second kappa shape index (κ2) is 33.8. The van der Waals surface area contributed by atoms with E-state index in [0.29, 0.717) is 26.0 Å². The van der Waals surface area contributed by atoms with E-state index in [1.807, 2.05) is 189 Å². The molecule has 0 radical (unpaired) electrons. The monoisotopic (exact) mass is 1050 g/mol. The maximum Gasteiger partial charge on any atom is 0.407 e. The summed E-state index contributed by atoms with van der Waals surface area (Å²) in [6.45, 7) is 4.01. The Labute approximate surface area is 455 Å². The van der Waals surface area contributed by atoms with Gasteiger partial charge in [-0.3, -0.25) is 4.79 Å². The van der Waals surface area contributed by atoms with E-state index < -0.39 is 55.0 Å². The van der Waals surface area contributed by atoms with Crippen molar-refractivity contribution in [3.63, 3.8) is 0 Å². The molecule has 13 nitrogen and oxygen atoms in total. The van der Waals surface area contributed by atoms with Gasteiger partial charge in [0.1, 0.15) is 37.1 Å². The number of aliphatic hydroxyl groups excluding tert-OH is 1. The molecule has 1 heterocycles. The summed E-state index contributed by atoms with van der Waals surface area (Å²) in [5, 5.41) is 17.7. The lowest BCUT2D eigenvalue weighted by Crippen LogP contribution is -2.62. The number of ether oxygens (including phenoxy) is 8. The van der Waals surface area contributed by atoms with Crippen LogP contribution in [0, 0.1) is 0 Å². The van der Waals surface area contributed by atoms with Crippen LogP contribution in [0.1, 0.15) is 91.7 Å². The highest BCUT2D eigenvalue weighted by Gasteiger charge is 2.49. The van der Waals surface area contributed by atoms with Crippen LogP contribution in [0.3, 0.4) is 0 Å². The first kappa shape index (κ1) is 58.4. The third kappa shape index (κ3) is 20.9. The fourth-order valence-electron chi connectivity index (χ4n) is 9.15. The van der Waals surface area contributed by atoms with E-state index in [9.17, 15) is 14.7 Å². The first-order chi connectivity index (χ1) is 37.9. The molecular weight excluding hydrogens is 973 g/mol. The van der Waals surface area contributed by atoms with Gasteiger partial charge in [-0.1, -0.05) is 215 Å². The van der Waals surface area contributed by atoms with E-state index >= 15 is 0 Å². The van der Waals surface area contributed by atoms with Crippen molar-refractivity contribution >= 4 is 12.0 Å². The summed E-state index contributed by atoms with van der Waals surface area (Å²) >= 11 is 0. The predicted molar refractivity (Wildman–Crippen MR) is 296 cm³/mol. The molecule has 13 heteroatoms. The standard InChI is InChI=1S/C64H78N2O11/c1-2-56(67)59(71-42-50-29-15-8-16-30-50)55(66-58(68)39-25-5-3-4-6-26-40-65-64(69)76-46-54-37-23-12-24-38-54)47-75-63-62(74-45-53-35-21-11-22-36-53)61(73-44-52-33-19-10-20-34-52)60(72-43-51-31-17-9-18-32-51)57(77-63)48-70-41-49-27-13-7-14-28-49/h7-24,27-38,55-57,59-63,67H,2-6,25-26,39-48H2,1H3,(H,65,69)(H,66,68)/t55-,56+,57?,59-,60-,61-,62?,63-/m0/s1. The van der Waals surface area contributed by atoms with Crippen molar-refractivity contribution in [1.82, 2.24) is 10.6 Å². The van der Waals surface area contributed by atoms with Gasteiger partial charge in [0.05, 0.1) is 58.4 Å². The molecule has 6 aromatic rings. The van der Waals surface area contributed by atoms with Gasteiger partial charge in [0, 0.05) is 13.0 Å². The van der Waals surface area contributed by atoms with Gasteiger partial charge in [0.15, 0.2) is 6.29 Å². The Hall–Kier alpha value is -6.26. The van der Waals surface area contributed by atoms with Crippen LogP contribution in [0.4, 0.5) is 4.79 Å². The van der Waals surface area contributed by atoms with E-state index in [-0.39, 0.29) is 58.6 Å². The van der Waals surface area contributed by atoms with Gasteiger partial charge < -0.3 is 53.6 Å². The Morgan fingerprint density at radius 2 is 0.961 bits per heavy atom. The minimum absolute atomic E-state index is 0.0928. The van der Waals surface area contributed by atoms with Crippen LogP contribution in [0.5, 0.6) is 0 Å². The van der Waals surface area contributed by atoms with Crippen LogP contribution < -0.4 is 10.6 Å². The van der Waals surface area contributed by atoms with E-state index in [4.69, 9.17) is 37.9 Å². The maximum absolute atomic E-state index is 14.0. The van der Waals surface area contributed by atoms with Crippen LogP contribution in [-0.4, -0.2) is 85.8 Å². The van der Waals surface area contributed by atoms with Gasteiger partial charge in [0.2, 0.25) is 5.91 Å². The summed E-state index contributed by atoms with van der Waals surface area (Å²) in [6.07, 6.45) is -0.351. The summed E-state index contributed by atoms with van der Waals surface area (Å²) in [7, 11) is 0. The molecule has 1 saturated heterocycles. The molecule has 77 heavy (non-hydrogen) atoms. The fraction of sp³-hybridized carbons (Fsp3) is 0.406. The minimum Gasteiger partial charge on any atom is -0.445 e. The highest BCUT2D eigenvalue weighted by atomic mass is 16.7. The minimum atomic E-state index is -1.05. The highest BCUT2D eigenvalue weighted by Crippen LogP contribution is 2.32. The first-order valence-corrected chi connectivity index (χ1v) is 27.3. The van der Waals surface area contributed by atoms with Crippen molar-refractivity contribution in [2.75, 3.05) is 19.8 Å². The highest BCUT2D eigenvalue weighted by molar-refractivity contribution is 5.76. The number of hydrogen-bond donors (Lipinski definition) is 3. The van der Waals surface area contributed by atoms with Crippen molar-refractivity contribution < 1.29 is 52.6 Å². The second-order valence-corrected chi connectivity index (χ2v) is 19.4. The Morgan fingerprint density at radius 1 is 0.519 bits per heavy atom. The smallest absolute Gasteiger partial charge is 0.407 e. The Morgan fingerprint density at radius 3 is 1.48 bits per heavy atom. The zero-order chi connectivity index (χ0) is 53.5. The third-order valence-corrected chi connectivity index (χ3v) is 13.4. The van der Waals surface area contributed by atoms with Gasteiger partial charge in [-0.25, -0.2) is 4.79 Å². The lowest BCUT2D eigenvalue weighted by atomic mass is 9.97. The SMILES string of the molecule is CC[C@@H](O)[C@@H](OCc1ccccc1)[C@H](CO[C@H]1OC(COCc2ccccc2)[C@H](OCc2ccccc2)[C@H](OCc2ccccc2)C1OCc1ccccc1)NC(=O)CCCCCCCCNC(=O)OCc1ccccc1. The number of carbonyl (C=O) groups excluding carboxylic acids is 2. The zero-order valence-corrected chi connectivity index (χ0v) is 44.5. The zero-order valence-electron chi connectivity index (χ0n) is 44.5. The van der Waals surface area contributed by atoms with Gasteiger partial charge in [-0.05, 0) is 52.6 Å². The summed E-state index contributed by atoms with van der Waals surface area (Å²) in [6, 6.07) is 58.4. The van der Waals surface area contributed by atoms with Crippen LogP contribution in [0.25, 0.3) is 0 Å². The number of amides is 2. The molecule has 7 rings (SSSR count). The molecule has 0 aliphatic carbocycles. The van der Waals surface area contributed by atoms with Crippen molar-refractivity contribution in [3.8, 4) is 0 Å². The summed E-state index contributed by atoms with van der Waals surface area (Å²) in [5.74, 6) is -0.180. The normalized spacial score (nSPS) is 18.4. The van der Waals surface area contributed by atoms with Gasteiger partial charge in [0.25, 0.3) is 0 Å². The lowest BCUT2D eigenvalue weighted by molar-refractivity contribution is -0.330. The number of benzene rings is 6. The van der Waals surface area contributed by atoms with Crippen molar-refractivity contribution in [1.29, 1.82) is 0 Å². The van der Waals surface area contributed by atoms with Crippen LogP contribution in [0.15, 0.2) is 182 Å². The lowest BCUT2D eigenvalue weighted by Gasteiger charge is -2.46. The number of alkyl carbamates (subject to hydrolysis) is 1. The Balaban J connectivity index is 1.07. The van der Waals surface area contributed by atoms with E-state index in [0.717, 1.165) is 65.5 Å². The molecule has 2 unspecified atom stereocenters. The van der Waals surface area contributed by atoms with Crippen LogP contribution in [0.2, 0.25) is 0 Å². The molecule has 410 valence electrons. The molecule has 0 spiro atoms. The molecular formula is C64H78N2O11. The largest absolute Gasteiger partial charge is 0.445 e. The number of unbranched alkanes of at least 4 members (excludes halogenated alkanes) is 5. The quantitative estimate of drug-likeness (QED) is 0.0331. The van der Waals surface area contributed by atoms with Crippen LogP contribution >= 0.6 is 0 Å². The number of rotatable bonds is 34. The fourth-order valence-corrected chi connectivity index (χ4v) is 9.15. The molecule has 3 N–H and O–H groups in total. The number of carbonyl (C=O) groups is 2. The first-order valence-electron chi connectivity index (χ1n) is 27.3. The summed E-state index contributed by atoms with van der Waals surface area (Å²) < 4.78 is 52.9. The summed E-state index contributed by atoms with van der Waals surface area (Å²) in [5.41, 5.74) is 5.78. The Kier molecular flexibility index (Phi) is 25.6. The average molecular weight is 1050 g/mol. The van der Waals surface area contributed by atoms with Gasteiger partial charge in [-0.15, -0.1) is 0 Å². The van der Waals surface area contributed by atoms with Crippen molar-refractivity contribution in [2.24, 2.45) is 0 Å². The van der Waals surface area contributed by atoms with E-state index in [2.05, 4.69) is 10.6 Å². The molecule has 1 fully saturated rings. The third-order valence-electron chi connectivity index (χ3n) is 13.4. The number of aliphatic hydroxyl groups is 1. The molecule has 0 saturated carbocycles. The van der Waals surface area contributed by atoms with Crippen molar-refractivity contribution in [3.05, 3.63) is 215 Å².